The number of carbonyl (C=O) groups excluding carboxylic acids is 2. The van der Waals surface area contributed by atoms with Crippen LogP contribution >= 0.6 is 15.9 Å². The number of esters is 1. The summed E-state index contributed by atoms with van der Waals surface area (Å²) in [6, 6.07) is 24.3. The Morgan fingerprint density at radius 3 is 2.42 bits per heavy atom. The summed E-state index contributed by atoms with van der Waals surface area (Å²) in [5.41, 5.74) is 2.62. The van der Waals surface area contributed by atoms with Gasteiger partial charge < -0.3 is 14.4 Å². The van der Waals surface area contributed by atoms with Crippen LogP contribution in [-0.4, -0.2) is 29.9 Å². The maximum atomic E-state index is 13.0. The van der Waals surface area contributed by atoms with Gasteiger partial charge in [-0.1, -0.05) is 70.5 Å². The standard InChI is InChI=1S/C27H24BrNO4/c1-18-25(21-8-4-3-5-9-21)33-27(31)24(26(30)29(18)2)16-19-11-13-23(14-12-19)32-17-20-7-6-10-22(28)15-20/h3-16,18,25H,17H2,1-2H3/b24-16-/t18-,25-/m0/s1. The van der Waals surface area contributed by atoms with Crippen molar-refractivity contribution in [3.05, 3.63) is 106 Å². The van der Waals surface area contributed by atoms with Crippen LogP contribution < -0.4 is 4.74 Å². The van der Waals surface area contributed by atoms with E-state index in [1.54, 1.807) is 18.0 Å². The van der Waals surface area contributed by atoms with Gasteiger partial charge in [-0.25, -0.2) is 4.79 Å². The highest BCUT2D eigenvalue weighted by molar-refractivity contribution is 9.10. The lowest BCUT2D eigenvalue weighted by Crippen LogP contribution is -2.37. The molecule has 0 saturated carbocycles. The van der Waals surface area contributed by atoms with Gasteiger partial charge in [0.15, 0.2) is 0 Å². The number of nitrogens with zero attached hydrogens (tertiary/aromatic N) is 1. The van der Waals surface area contributed by atoms with Gasteiger partial charge in [-0.3, -0.25) is 4.79 Å². The predicted molar refractivity (Wildman–Crippen MR) is 130 cm³/mol. The Labute approximate surface area is 201 Å². The molecule has 3 aromatic carbocycles. The van der Waals surface area contributed by atoms with Crippen molar-refractivity contribution in [3.63, 3.8) is 0 Å². The number of rotatable bonds is 5. The van der Waals surface area contributed by atoms with Crippen LogP contribution in [0.4, 0.5) is 0 Å². The second-order valence-corrected chi connectivity index (χ2v) is 8.85. The van der Waals surface area contributed by atoms with Crippen LogP contribution in [0.5, 0.6) is 5.75 Å². The molecule has 0 N–H and O–H groups in total. The molecule has 5 nitrogen and oxygen atoms in total. The second kappa shape index (κ2) is 10.0. The number of halogens is 1. The summed E-state index contributed by atoms with van der Waals surface area (Å²) >= 11 is 3.45. The highest BCUT2D eigenvalue weighted by atomic mass is 79.9. The van der Waals surface area contributed by atoms with E-state index in [1.807, 2.05) is 85.8 Å². The molecular weight excluding hydrogens is 482 g/mol. The minimum Gasteiger partial charge on any atom is -0.489 e. The SMILES string of the molecule is C[C@H]1[C@@H](c2ccccc2)OC(=O)/C(=C\c2ccc(OCc3cccc(Br)c3)cc2)C(=O)N1C. The summed E-state index contributed by atoms with van der Waals surface area (Å²) in [7, 11) is 1.69. The average molecular weight is 506 g/mol. The number of carbonyl (C=O) groups is 2. The van der Waals surface area contributed by atoms with Gasteiger partial charge in [0, 0.05) is 11.5 Å². The molecular formula is C27H24BrNO4. The number of benzene rings is 3. The molecule has 4 rings (SSSR count). The summed E-state index contributed by atoms with van der Waals surface area (Å²) in [5.74, 6) is -0.289. The van der Waals surface area contributed by atoms with E-state index in [0.29, 0.717) is 17.9 Å². The van der Waals surface area contributed by atoms with Crippen molar-refractivity contribution in [2.75, 3.05) is 7.05 Å². The van der Waals surface area contributed by atoms with Gasteiger partial charge >= 0.3 is 5.97 Å². The summed E-state index contributed by atoms with van der Waals surface area (Å²) in [6.07, 6.45) is 1.03. The summed E-state index contributed by atoms with van der Waals surface area (Å²) in [5, 5.41) is 0. The first-order chi connectivity index (χ1) is 15.9. The largest absolute Gasteiger partial charge is 0.489 e. The van der Waals surface area contributed by atoms with Crippen LogP contribution in [0, 0.1) is 0 Å². The molecule has 0 aromatic heterocycles. The minimum absolute atomic E-state index is 0.00517. The van der Waals surface area contributed by atoms with Gasteiger partial charge in [-0.15, -0.1) is 0 Å². The molecule has 0 radical (unpaired) electrons. The van der Waals surface area contributed by atoms with E-state index >= 15 is 0 Å². The molecule has 3 aromatic rings. The molecule has 168 valence electrons. The first-order valence-electron chi connectivity index (χ1n) is 10.6. The predicted octanol–water partition coefficient (Wildman–Crippen LogP) is 5.56. The van der Waals surface area contributed by atoms with Crippen LogP contribution in [0.15, 0.2) is 88.9 Å². The van der Waals surface area contributed by atoms with Crippen molar-refractivity contribution in [1.82, 2.24) is 4.90 Å². The van der Waals surface area contributed by atoms with E-state index in [-0.39, 0.29) is 17.5 Å². The topological polar surface area (TPSA) is 55.8 Å². The van der Waals surface area contributed by atoms with Gasteiger partial charge in [0.1, 0.15) is 24.0 Å². The van der Waals surface area contributed by atoms with E-state index in [1.165, 1.54) is 0 Å². The molecule has 1 fully saturated rings. The van der Waals surface area contributed by atoms with E-state index in [0.717, 1.165) is 15.6 Å². The zero-order valence-corrected chi connectivity index (χ0v) is 20.0. The average Bonchev–Trinajstić information content (AvgIpc) is 2.91. The fourth-order valence-electron chi connectivity index (χ4n) is 3.67. The molecule has 0 unspecified atom stereocenters. The van der Waals surface area contributed by atoms with E-state index in [9.17, 15) is 9.59 Å². The molecule has 6 heteroatoms. The molecule has 1 aliphatic rings. The first-order valence-corrected chi connectivity index (χ1v) is 11.4. The third-order valence-electron chi connectivity index (χ3n) is 5.67. The first kappa shape index (κ1) is 22.8. The Morgan fingerprint density at radius 2 is 1.73 bits per heavy atom. The van der Waals surface area contributed by atoms with Crippen LogP contribution in [0.3, 0.4) is 0 Å². The Morgan fingerprint density at radius 1 is 1.00 bits per heavy atom. The van der Waals surface area contributed by atoms with Crippen LogP contribution in [0.25, 0.3) is 6.08 Å². The minimum atomic E-state index is -0.625. The molecule has 33 heavy (non-hydrogen) atoms. The lowest BCUT2D eigenvalue weighted by Gasteiger charge is -2.28. The van der Waals surface area contributed by atoms with E-state index in [2.05, 4.69) is 15.9 Å². The number of ether oxygens (including phenoxy) is 2. The number of hydrogen-bond acceptors (Lipinski definition) is 4. The van der Waals surface area contributed by atoms with Gasteiger partial charge in [-0.05, 0) is 54.0 Å². The highest BCUT2D eigenvalue weighted by Crippen LogP contribution is 2.30. The van der Waals surface area contributed by atoms with Crippen LogP contribution in [0.2, 0.25) is 0 Å². The summed E-state index contributed by atoms with van der Waals surface area (Å²) in [4.78, 5) is 27.5. The maximum absolute atomic E-state index is 13.0. The second-order valence-electron chi connectivity index (χ2n) is 7.94. The van der Waals surface area contributed by atoms with Gasteiger partial charge in [0.25, 0.3) is 5.91 Å². The zero-order chi connectivity index (χ0) is 23.4. The third-order valence-corrected chi connectivity index (χ3v) is 6.16. The third kappa shape index (κ3) is 5.34. The summed E-state index contributed by atoms with van der Waals surface area (Å²) in [6.45, 7) is 2.32. The molecule has 1 aliphatic heterocycles. The Balaban J connectivity index is 1.51. The van der Waals surface area contributed by atoms with E-state index in [4.69, 9.17) is 9.47 Å². The van der Waals surface area contributed by atoms with Crippen molar-refractivity contribution in [1.29, 1.82) is 0 Å². The van der Waals surface area contributed by atoms with Crippen molar-refractivity contribution >= 4 is 33.9 Å². The van der Waals surface area contributed by atoms with Crippen molar-refractivity contribution < 1.29 is 19.1 Å². The summed E-state index contributed by atoms with van der Waals surface area (Å²) < 4.78 is 12.6. The quantitative estimate of drug-likeness (QED) is 0.259. The smallest absolute Gasteiger partial charge is 0.344 e. The van der Waals surface area contributed by atoms with Crippen molar-refractivity contribution in [2.24, 2.45) is 0 Å². The van der Waals surface area contributed by atoms with Crippen molar-refractivity contribution in [2.45, 2.75) is 25.7 Å². The van der Waals surface area contributed by atoms with Crippen LogP contribution in [-0.2, 0) is 20.9 Å². The molecule has 0 bridgehead atoms. The number of amides is 1. The zero-order valence-electron chi connectivity index (χ0n) is 18.4. The monoisotopic (exact) mass is 505 g/mol. The lowest BCUT2D eigenvalue weighted by atomic mass is 10.0. The molecule has 0 spiro atoms. The maximum Gasteiger partial charge on any atom is 0.344 e. The lowest BCUT2D eigenvalue weighted by molar-refractivity contribution is -0.145. The van der Waals surface area contributed by atoms with Gasteiger partial charge in [0.05, 0.1) is 6.04 Å². The van der Waals surface area contributed by atoms with Gasteiger partial charge in [-0.2, -0.15) is 0 Å². The normalized spacial score (nSPS) is 19.8. The molecule has 1 saturated heterocycles. The van der Waals surface area contributed by atoms with Crippen LogP contribution in [0.1, 0.15) is 29.7 Å². The fourth-order valence-corrected chi connectivity index (χ4v) is 4.12. The van der Waals surface area contributed by atoms with Gasteiger partial charge in [0.2, 0.25) is 0 Å². The number of hydrogen-bond donors (Lipinski definition) is 0. The molecule has 1 amide bonds. The Bertz CT molecular complexity index is 1170. The number of cyclic esters (lactones) is 1. The Kier molecular flexibility index (Phi) is 6.94. The van der Waals surface area contributed by atoms with E-state index < -0.39 is 12.1 Å². The highest BCUT2D eigenvalue weighted by Gasteiger charge is 2.37. The molecule has 1 heterocycles. The molecule has 2 atom stereocenters. The Hall–Kier alpha value is -3.38. The number of likely N-dealkylation sites (N-methyl/N-ethyl adjacent to an activating group) is 1. The molecule has 0 aliphatic carbocycles. The van der Waals surface area contributed by atoms with Crippen molar-refractivity contribution in [3.8, 4) is 5.75 Å². The fraction of sp³-hybridized carbons (Fsp3) is 0.185.